The molecule has 0 heterocycles. The SMILES string of the molecule is CCCc1ccc(Nc2ccc(N)cc2F)cc1. The van der Waals surface area contributed by atoms with Gasteiger partial charge >= 0.3 is 0 Å². The molecule has 0 aliphatic heterocycles. The molecule has 0 saturated carbocycles. The molecule has 0 radical (unpaired) electrons. The van der Waals surface area contributed by atoms with Crippen molar-refractivity contribution in [1.82, 2.24) is 0 Å². The third-order valence-corrected chi connectivity index (χ3v) is 2.76. The lowest BCUT2D eigenvalue weighted by atomic mass is 10.1. The first-order valence-electron chi connectivity index (χ1n) is 6.10. The maximum absolute atomic E-state index is 13.6. The van der Waals surface area contributed by atoms with Crippen molar-refractivity contribution < 1.29 is 4.39 Å². The van der Waals surface area contributed by atoms with E-state index in [0.29, 0.717) is 11.4 Å². The molecular weight excluding hydrogens is 227 g/mol. The highest BCUT2D eigenvalue weighted by atomic mass is 19.1. The number of nitrogen functional groups attached to an aromatic ring is 1. The van der Waals surface area contributed by atoms with Crippen LogP contribution in [0.25, 0.3) is 0 Å². The molecule has 3 N–H and O–H groups in total. The number of halogens is 1. The van der Waals surface area contributed by atoms with E-state index in [9.17, 15) is 4.39 Å². The second-order valence-electron chi connectivity index (χ2n) is 4.31. The van der Waals surface area contributed by atoms with Crippen molar-refractivity contribution in [2.75, 3.05) is 11.1 Å². The number of aryl methyl sites for hydroxylation is 1. The van der Waals surface area contributed by atoms with E-state index in [1.54, 1.807) is 12.1 Å². The Hall–Kier alpha value is -2.03. The minimum atomic E-state index is -0.340. The van der Waals surface area contributed by atoms with Crippen molar-refractivity contribution in [2.24, 2.45) is 0 Å². The van der Waals surface area contributed by atoms with E-state index < -0.39 is 0 Å². The molecule has 0 amide bonds. The van der Waals surface area contributed by atoms with Gasteiger partial charge in [-0.15, -0.1) is 0 Å². The number of nitrogens with one attached hydrogen (secondary N) is 1. The maximum Gasteiger partial charge on any atom is 0.148 e. The van der Waals surface area contributed by atoms with Crippen LogP contribution in [0, 0.1) is 5.82 Å². The van der Waals surface area contributed by atoms with Gasteiger partial charge in [0.15, 0.2) is 0 Å². The third kappa shape index (κ3) is 3.00. The summed E-state index contributed by atoms with van der Waals surface area (Å²) in [5.41, 5.74) is 8.54. The summed E-state index contributed by atoms with van der Waals surface area (Å²) >= 11 is 0. The molecule has 0 aromatic heterocycles. The summed E-state index contributed by atoms with van der Waals surface area (Å²) in [5.74, 6) is -0.340. The molecule has 2 aromatic rings. The Morgan fingerprint density at radius 3 is 2.44 bits per heavy atom. The van der Waals surface area contributed by atoms with Crippen molar-refractivity contribution in [3.63, 3.8) is 0 Å². The Morgan fingerprint density at radius 1 is 1.11 bits per heavy atom. The summed E-state index contributed by atoms with van der Waals surface area (Å²) in [6.07, 6.45) is 2.19. The second kappa shape index (κ2) is 5.54. The van der Waals surface area contributed by atoms with Gasteiger partial charge in [0.2, 0.25) is 0 Å². The lowest BCUT2D eigenvalue weighted by Crippen LogP contribution is -1.95. The van der Waals surface area contributed by atoms with Crippen LogP contribution < -0.4 is 11.1 Å². The van der Waals surface area contributed by atoms with Crippen LogP contribution in [0.3, 0.4) is 0 Å². The van der Waals surface area contributed by atoms with Crippen LogP contribution in [0.2, 0.25) is 0 Å². The second-order valence-corrected chi connectivity index (χ2v) is 4.31. The predicted octanol–water partition coefficient (Wildman–Crippen LogP) is 4.10. The van der Waals surface area contributed by atoms with E-state index in [-0.39, 0.29) is 5.82 Å². The van der Waals surface area contributed by atoms with Crippen molar-refractivity contribution >= 4 is 17.1 Å². The van der Waals surface area contributed by atoms with Crippen LogP contribution >= 0.6 is 0 Å². The summed E-state index contributed by atoms with van der Waals surface area (Å²) in [5, 5.41) is 3.04. The van der Waals surface area contributed by atoms with Gasteiger partial charge in [0.05, 0.1) is 5.69 Å². The van der Waals surface area contributed by atoms with Crippen LogP contribution in [-0.2, 0) is 6.42 Å². The Balaban J connectivity index is 2.13. The third-order valence-electron chi connectivity index (χ3n) is 2.76. The molecule has 0 aliphatic carbocycles. The molecule has 3 heteroatoms. The number of anilines is 3. The molecule has 0 atom stereocenters. The first-order chi connectivity index (χ1) is 8.69. The van der Waals surface area contributed by atoms with E-state index in [1.807, 2.05) is 12.1 Å². The van der Waals surface area contributed by atoms with Crippen molar-refractivity contribution in [3.05, 3.63) is 53.8 Å². The lowest BCUT2D eigenvalue weighted by Gasteiger charge is -2.09. The van der Waals surface area contributed by atoms with Gasteiger partial charge in [-0.25, -0.2) is 4.39 Å². The fourth-order valence-electron chi connectivity index (χ4n) is 1.83. The summed E-state index contributed by atoms with van der Waals surface area (Å²) in [6, 6.07) is 12.7. The summed E-state index contributed by atoms with van der Waals surface area (Å²) < 4.78 is 13.6. The van der Waals surface area contributed by atoms with E-state index in [4.69, 9.17) is 5.73 Å². The van der Waals surface area contributed by atoms with E-state index >= 15 is 0 Å². The number of rotatable bonds is 4. The monoisotopic (exact) mass is 244 g/mol. The Labute approximate surface area is 107 Å². The quantitative estimate of drug-likeness (QED) is 0.794. The molecule has 0 bridgehead atoms. The van der Waals surface area contributed by atoms with Crippen molar-refractivity contribution in [2.45, 2.75) is 19.8 Å². The van der Waals surface area contributed by atoms with E-state index in [1.165, 1.54) is 11.6 Å². The molecule has 0 saturated heterocycles. The average molecular weight is 244 g/mol. The van der Waals surface area contributed by atoms with Gasteiger partial charge < -0.3 is 11.1 Å². The van der Waals surface area contributed by atoms with Gasteiger partial charge in [-0.05, 0) is 42.3 Å². The standard InChI is InChI=1S/C15H17FN2/c1-2-3-11-4-7-13(8-5-11)18-15-9-6-12(17)10-14(15)16/h4-10,18H,2-3,17H2,1H3. The van der Waals surface area contributed by atoms with E-state index in [2.05, 4.69) is 24.4 Å². The first-order valence-corrected chi connectivity index (χ1v) is 6.10. The fourth-order valence-corrected chi connectivity index (χ4v) is 1.83. The number of benzene rings is 2. The van der Waals surface area contributed by atoms with Gasteiger partial charge in [-0.2, -0.15) is 0 Å². The molecule has 94 valence electrons. The minimum absolute atomic E-state index is 0.340. The Morgan fingerprint density at radius 2 is 1.83 bits per heavy atom. The van der Waals surface area contributed by atoms with Crippen molar-refractivity contribution in [3.8, 4) is 0 Å². The lowest BCUT2D eigenvalue weighted by molar-refractivity contribution is 0.632. The highest BCUT2D eigenvalue weighted by Crippen LogP contribution is 2.22. The van der Waals surface area contributed by atoms with Crippen molar-refractivity contribution in [1.29, 1.82) is 0 Å². The maximum atomic E-state index is 13.6. The Bertz CT molecular complexity index is 521. The highest BCUT2D eigenvalue weighted by Gasteiger charge is 2.02. The first kappa shape index (κ1) is 12.4. The van der Waals surface area contributed by atoms with Crippen LogP contribution in [-0.4, -0.2) is 0 Å². The van der Waals surface area contributed by atoms with Gasteiger partial charge in [-0.1, -0.05) is 25.5 Å². The number of nitrogens with two attached hydrogens (primary N) is 1. The normalized spacial score (nSPS) is 10.3. The van der Waals surface area contributed by atoms with Crippen LogP contribution in [0.4, 0.5) is 21.5 Å². The van der Waals surface area contributed by atoms with Gasteiger partial charge in [0.25, 0.3) is 0 Å². The average Bonchev–Trinajstić information content (AvgIpc) is 2.35. The summed E-state index contributed by atoms with van der Waals surface area (Å²) in [4.78, 5) is 0. The fraction of sp³-hybridized carbons (Fsp3) is 0.200. The van der Waals surface area contributed by atoms with Gasteiger partial charge in [0, 0.05) is 11.4 Å². The number of hydrogen-bond donors (Lipinski definition) is 2. The van der Waals surface area contributed by atoms with Crippen LogP contribution in [0.1, 0.15) is 18.9 Å². The molecule has 18 heavy (non-hydrogen) atoms. The molecule has 2 nitrogen and oxygen atoms in total. The summed E-state index contributed by atoms with van der Waals surface area (Å²) in [6.45, 7) is 2.15. The van der Waals surface area contributed by atoms with Crippen LogP contribution in [0.15, 0.2) is 42.5 Å². The van der Waals surface area contributed by atoms with E-state index in [0.717, 1.165) is 18.5 Å². The zero-order valence-corrected chi connectivity index (χ0v) is 10.4. The zero-order chi connectivity index (χ0) is 13.0. The molecular formula is C15H17FN2. The Kier molecular flexibility index (Phi) is 3.82. The molecule has 0 spiro atoms. The van der Waals surface area contributed by atoms with Gasteiger partial charge in [-0.3, -0.25) is 0 Å². The zero-order valence-electron chi connectivity index (χ0n) is 10.4. The molecule has 2 aromatic carbocycles. The minimum Gasteiger partial charge on any atom is -0.399 e. The molecule has 0 unspecified atom stereocenters. The topological polar surface area (TPSA) is 38.0 Å². The summed E-state index contributed by atoms with van der Waals surface area (Å²) in [7, 11) is 0. The van der Waals surface area contributed by atoms with Gasteiger partial charge in [0.1, 0.15) is 5.82 Å². The predicted molar refractivity (Wildman–Crippen MR) is 74.5 cm³/mol. The smallest absolute Gasteiger partial charge is 0.148 e. The molecule has 0 fully saturated rings. The molecule has 2 rings (SSSR count). The number of hydrogen-bond acceptors (Lipinski definition) is 2. The van der Waals surface area contributed by atoms with Crippen LogP contribution in [0.5, 0.6) is 0 Å². The molecule has 0 aliphatic rings. The largest absolute Gasteiger partial charge is 0.399 e. The highest BCUT2D eigenvalue weighted by molar-refractivity contribution is 5.62.